The van der Waals surface area contributed by atoms with Gasteiger partial charge in [0.25, 0.3) is 0 Å². The average Bonchev–Trinajstić information content (AvgIpc) is 3.81. The van der Waals surface area contributed by atoms with Crippen molar-refractivity contribution in [3.8, 4) is 22.4 Å². The molecule has 43 heavy (non-hydrogen) atoms. The molecule has 0 radical (unpaired) electrons. The maximum atomic E-state index is 6.42. The van der Waals surface area contributed by atoms with Crippen LogP contribution in [0.15, 0.2) is 95.7 Å². The Bertz CT molecular complexity index is 2070. The van der Waals surface area contributed by atoms with Gasteiger partial charge in [-0.05, 0) is 89.8 Å². The molecule has 6 aromatic rings. The van der Waals surface area contributed by atoms with Crippen molar-refractivity contribution in [2.45, 2.75) is 69.1 Å². The van der Waals surface area contributed by atoms with Crippen molar-refractivity contribution in [2.75, 3.05) is 0 Å². The molecule has 0 N–H and O–H groups in total. The van der Waals surface area contributed by atoms with Gasteiger partial charge in [0, 0.05) is 39.9 Å². The molecular weight excluding hydrogens is 524 g/mol. The molecule has 0 atom stereocenters. The van der Waals surface area contributed by atoms with Crippen molar-refractivity contribution in [2.24, 2.45) is 7.05 Å². The lowest BCUT2D eigenvalue weighted by Crippen LogP contribution is -2.40. The lowest BCUT2D eigenvalue weighted by atomic mass is 9.56. The Hall–Kier alpha value is -4.24. The third-order valence-electron chi connectivity index (χ3n) is 11.3. The predicted octanol–water partition coefficient (Wildman–Crippen LogP) is 9.48. The van der Waals surface area contributed by atoms with Crippen LogP contribution in [0, 0.1) is 6.92 Å². The van der Waals surface area contributed by atoms with Crippen molar-refractivity contribution in [1.82, 2.24) is 4.98 Å². The number of fused-ring (bicyclic) bond motifs is 9. The number of nitrogens with zero attached hydrogens (tertiary/aromatic N) is 2. The minimum Gasteiger partial charge on any atom is -0.437 e. The Labute approximate surface area is 253 Å². The number of furan rings is 1. The number of aryl methyl sites for hydroxylation is 2. The Kier molecular flexibility index (Phi) is 5.37. The van der Waals surface area contributed by atoms with Gasteiger partial charge in [-0.15, -0.1) is 0 Å². The Balaban J connectivity index is 1.25. The van der Waals surface area contributed by atoms with Crippen molar-refractivity contribution in [3.63, 3.8) is 0 Å². The maximum absolute atomic E-state index is 6.42. The first kappa shape index (κ1) is 25.3. The molecule has 0 aliphatic heterocycles. The fourth-order valence-corrected chi connectivity index (χ4v) is 9.27. The first-order valence-corrected chi connectivity index (χ1v) is 16.1. The standard InChI is InChI=1S/C40H37N2O/c1-26-13-15-29-30-10-9-22-41-38(30)43-37(29)36(26)35-25-28(17-23-42(35)2)27-14-16-33-34(24-27)40(20-7-8-21-40)32-12-4-3-11-31(32)39(33)18-5-6-19-39/h3-4,9-17,22-25H,5-8,18-21H2,1-2H3/q+1. The second-order valence-electron chi connectivity index (χ2n) is 13.4. The van der Waals surface area contributed by atoms with E-state index in [0.29, 0.717) is 5.71 Å². The van der Waals surface area contributed by atoms with Gasteiger partial charge in [-0.25, -0.2) is 9.55 Å². The van der Waals surface area contributed by atoms with Crippen LogP contribution in [-0.2, 0) is 17.9 Å². The molecule has 0 bridgehead atoms. The second-order valence-corrected chi connectivity index (χ2v) is 13.4. The normalized spacial score (nSPS) is 18.1. The fraction of sp³-hybridized carbons (Fsp3) is 0.300. The van der Waals surface area contributed by atoms with Crippen molar-refractivity contribution >= 4 is 22.1 Å². The van der Waals surface area contributed by atoms with Crippen LogP contribution in [0.4, 0.5) is 0 Å². The van der Waals surface area contributed by atoms with E-state index in [1.165, 1.54) is 68.1 Å². The summed E-state index contributed by atoms with van der Waals surface area (Å²) in [5, 5.41) is 2.18. The largest absolute Gasteiger partial charge is 0.437 e. The quantitative estimate of drug-likeness (QED) is 0.197. The highest BCUT2D eigenvalue weighted by molar-refractivity contribution is 6.08. The molecule has 9 rings (SSSR count). The Morgan fingerprint density at radius 3 is 2.09 bits per heavy atom. The van der Waals surface area contributed by atoms with Gasteiger partial charge >= 0.3 is 0 Å². The average molecular weight is 562 g/mol. The summed E-state index contributed by atoms with van der Waals surface area (Å²) in [6.45, 7) is 2.18. The van der Waals surface area contributed by atoms with Crippen molar-refractivity contribution in [1.29, 1.82) is 0 Å². The van der Waals surface area contributed by atoms with Crippen LogP contribution in [0.2, 0.25) is 0 Å². The van der Waals surface area contributed by atoms with E-state index in [-0.39, 0.29) is 10.8 Å². The highest BCUT2D eigenvalue weighted by Gasteiger charge is 2.52. The molecule has 2 spiro atoms. The molecule has 3 aromatic heterocycles. The summed E-state index contributed by atoms with van der Waals surface area (Å²) in [6, 6.07) is 30.2. The van der Waals surface area contributed by atoms with E-state index in [1.54, 1.807) is 28.5 Å². The lowest BCUT2D eigenvalue weighted by Gasteiger charge is -2.47. The van der Waals surface area contributed by atoms with Gasteiger partial charge in [-0.2, -0.15) is 0 Å². The van der Waals surface area contributed by atoms with Crippen LogP contribution in [0.25, 0.3) is 44.5 Å². The fourth-order valence-electron chi connectivity index (χ4n) is 9.27. The molecule has 0 saturated heterocycles. The monoisotopic (exact) mass is 561 g/mol. The molecule has 3 heterocycles. The topological polar surface area (TPSA) is 29.9 Å². The predicted molar refractivity (Wildman–Crippen MR) is 173 cm³/mol. The summed E-state index contributed by atoms with van der Waals surface area (Å²) >= 11 is 0. The van der Waals surface area contributed by atoms with Crippen LogP contribution in [0.1, 0.15) is 79.2 Å². The number of pyridine rings is 2. The summed E-state index contributed by atoms with van der Waals surface area (Å²) in [5.74, 6) is 0. The molecule has 2 fully saturated rings. The van der Waals surface area contributed by atoms with Crippen molar-refractivity contribution in [3.05, 3.63) is 119 Å². The molecule has 212 valence electrons. The minimum atomic E-state index is 0.140. The number of aromatic nitrogens is 2. The maximum Gasteiger partial charge on any atom is 0.227 e. The third kappa shape index (κ3) is 3.42. The second kappa shape index (κ2) is 9.13. The zero-order chi connectivity index (χ0) is 28.8. The zero-order valence-electron chi connectivity index (χ0n) is 25.1. The van der Waals surface area contributed by atoms with E-state index in [2.05, 4.69) is 103 Å². The molecule has 3 aliphatic carbocycles. The van der Waals surface area contributed by atoms with Gasteiger partial charge in [0.05, 0.1) is 5.56 Å². The number of rotatable bonds is 2. The summed E-state index contributed by atoms with van der Waals surface area (Å²) in [5.41, 5.74) is 14.5. The summed E-state index contributed by atoms with van der Waals surface area (Å²) < 4.78 is 8.65. The van der Waals surface area contributed by atoms with Crippen LogP contribution in [0.3, 0.4) is 0 Å². The highest BCUT2D eigenvalue weighted by Crippen LogP contribution is 2.61. The zero-order valence-corrected chi connectivity index (χ0v) is 25.1. The van der Waals surface area contributed by atoms with E-state index < -0.39 is 0 Å². The Morgan fingerprint density at radius 2 is 1.35 bits per heavy atom. The molecular formula is C40H37N2O+. The molecule has 3 heteroatoms. The van der Waals surface area contributed by atoms with E-state index in [0.717, 1.165) is 27.6 Å². The van der Waals surface area contributed by atoms with Crippen LogP contribution in [0.5, 0.6) is 0 Å². The van der Waals surface area contributed by atoms with Crippen molar-refractivity contribution < 1.29 is 8.98 Å². The van der Waals surface area contributed by atoms with Gasteiger partial charge in [0.15, 0.2) is 11.8 Å². The van der Waals surface area contributed by atoms with Gasteiger partial charge in [0.2, 0.25) is 11.4 Å². The Morgan fingerprint density at radius 1 is 0.674 bits per heavy atom. The number of hydrogen-bond acceptors (Lipinski definition) is 2. The first-order valence-electron chi connectivity index (χ1n) is 16.1. The molecule has 3 nitrogen and oxygen atoms in total. The first-order chi connectivity index (χ1) is 21.1. The van der Waals surface area contributed by atoms with Crippen LogP contribution < -0.4 is 4.57 Å². The molecule has 3 aromatic carbocycles. The van der Waals surface area contributed by atoms with E-state index in [4.69, 9.17) is 4.42 Å². The molecule has 0 amide bonds. The number of hydrogen-bond donors (Lipinski definition) is 0. The summed E-state index contributed by atoms with van der Waals surface area (Å²) in [4.78, 5) is 4.52. The van der Waals surface area contributed by atoms with Gasteiger partial charge in [-0.1, -0.05) is 74.2 Å². The van der Waals surface area contributed by atoms with Crippen LogP contribution in [-0.4, -0.2) is 4.98 Å². The molecule has 2 saturated carbocycles. The third-order valence-corrected chi connectivity index (χ3v) is 11.3. The lowest BCUT2D eigenvalue weighted by molar-refractivity contribution is -0.660. The minimum absolute atomic E-state index is 0.140. The van der Waals surface area contributed by atoms with Gasteiger partial charge in [-0.3, -0.25) is 0 Å². The summed E-state index contributed by atoms with van der Waals surface area (Å²) in [7, 11) is 2.14. The molecule has 3 aliphatic rings. The van der Waals surface area contributed by atoms with E-state index in [1.807, 2.05) is 6.07 Å². The number of benzene rings is 3. The highest BCUT2D eigenvalue weighted by atomic mass is 16.3. The van der Waals surface area contributed by atoms with Gasteiger partial charge in [0.1, 0.15) is 7.05 Å². The van der Waals surface area contributed by atoms with Gasteiger partial charge < -0.3 is 4.42 Å². The summed E-state index contributed by atoms with van der Waals surface area (Å²) in [6.07, 6.45) is 14.3. The van der Waals surface area contributed by atoms with Crippen LogP contribution >= 0.6 is 0 Å². The smallest absolute Gasteiger partial charge is 0.227 e. The van der Waals surface area contributed by atoms with E-state index >= 15 is 0 Å². The SMILES string of the molecule is Cc1ccc2c(oc3ncccc32)c1-c1cc(-c2ccc3c(c2)C2(CCCC2)c2ccccc2C32CCCC2)cc[n+]1C. The molecule has 0 unspecified atom stereocenters. The van der Waals surface area contributed by atoms with E-state index in [9.17, 15) is 0 Å².